The van der Waals surface area contributed by atoms with Crippen molar-refractivity contribution in [2.45, 2.75) is 105 Å². The van der Waals surface area contributed by atoms with Crippen molar-refractivity contribution in [1.29, 1.82) is 0 Å². The lowest BCUT2D eigenvalue weighted by atomic mass is 9.89. The van der Waals surface area contributed by atoms with Crippen molar-refractivity contribution in [2.75, 3.05) is 10.0 Å². The minimum absolute atomic E-state index is 0.130. The largest absolute Gasteiger partial charge is 0.350 e. The Bertz CT molecular complexity index is 1030. The smallest absolute Gasteiger partial charge is 0.333 e. The number of rotatable bonds is 16. The monoisotopic (exact) mass is 552 g/mol. The summed E-state index contributed by atoms with van der Waals surface area (Å²) in [5.74, 6) is 12.2. The molecule has 2 aromatic rings. The predicted molar refractivity (Wildman–Crippen MR) is 163 cm³/mol. The molecule has 9 heteroatoms. The first-order chi connectivity index (χ1) is 19.1. The summed E-state index contributed by atoms with van der Waals surface area (Å²) in [5.41, 5.74) is 16.7. The van der Waals surface area contributed by atoms with Gasteiger partial charge in [-0.05, 0) is 97.9 Å². The zero-order chi connectivity index (χ0) is 29.8. The van der Waals surface area contributed by atoms with Crippen molar-refractivity contribution >= 4 is 29.2 Å². The van der Waals surface area contributed by atoms with Gasteiger partial charge in [0.2, 0.25) is 0 Å². The quantitative estimate of drug-likeness (QED) is 0.0893. The zero-order valence-electron chi connectivity index (χ0n) is 24.7. The number of hydrazine groups is 2. The number of amides is 4. The maximum atomic E-state index is 14.1. The SMILES string of the molecule is CCCCc1cc(C(=O)c2cc(CCCC)c(N(N)C(N)=O)c(CCCC)c2)cc(CCCC)c1N(N)C(N)=O. The maximum absolute atomic E-state index is 14.1. The first kappa shape index (κ1) is 32.8. The number of primary amides is 2. The molecule has 2 aromatic carbocycles. The molecule has 0 saturated carbocycles. The highest BCUT2D eigenvalue weighted by Gasteiger charge is 2.24. The van der Waals surface area contributed by atoms with E-state index in [1.807, 2.05) is 24.3 Å². The average Bonchev–Trinajstić information content (AvgIpc) is 2.94. The molecule has 40 heavy (non-hydrogen) atoms. The highest BCUT2D eigenvalue weighted by molar-refractivity contribution is 6.10. The molecule has 0 aromatic heterocycles. The van der Waals surface area contributed by atoms with Crippen LogP contribution in [0, 0.1) is 0 Å². The van der Waals surface area contributed by atoms with Gasteiger partial charge in [0.1, 0.15) is 0 Å². The number of hydrogen-bond donors (Lipinski definition) is 4. The lowest BCUT2D eigenvalue weighted by Gasteiger charge is -2.24. The van der Waals surface area contributed by atoms with Crippen LogP contribution in [0.1, 0.15) is 117 Å². The van der Waals surface area contributed by atoms with Gasteiger partial charge < -0.3 is 11.5 Å². The van der Waals surface area contributed by atoms with Crippen LogP contribution < -0.4 is 33.2 Å². The maximum Gasteiger partial charge on any atom is 0.333 e. The van der Waals surface area contributed by atoms with Crippen LogP contribution >= 0.6 is 0 Å². The Balaban J connectivity index is 2.77. The Morgan fingerprint density at radius 3 is 1.00 bits per heavy atom. The molecule has 0 atom stereocenters. The summed E-state index contributed by atoms with van der Waals surface area (Å²) in [6.45, 7) is 8.35. The number of urea groups is 2. The van der Waals surface area contributed by atoms with Crippen LogP contribution in [-0.2, 0) is 25.7 Å². The van der Waals surface area contributed by atoms with Gasteiger partial charge in [-0.2, -0.15) is 0 Å². The van der Waals surface area contributed by atoms with E-state index in [0.29, 0.717) is 48.2 Å². The summed E-state index contributed by atoms with van der Waals surface area (Å²) >= 11 is 0. The summed E-state index contributed by atoms with van der Waals surface area (Å²) in [7, 11) is 0. The molecule has 0 aliphatic heterocycles. The Morgan fingerprint density at radius 1 is 0.550 bits per heavy atom. The molecule has 0 aliphatic carbocycles. The summed E-state index contributed by atoms with van der Waals surface area (Å²) in [6.07, 6.45) is 9.94. The van der Waals surface area contributed by atoms with Crippen LogP contribution in [0.5, 0.6) is 0 Å². The Labute approximate surface area is 239 Å². The van der Waals surface area contributed by atoms with E-state index < -0.39 is 12.1 Å². The number of aryl methyl sites for hydroxylation is 4. The fourth-order valence-corrected chi connectivity index (χ4v) is 5.02. The molecule has 0 unspecified atom stereocenters. The van der Waals surface area contributed by atoms with Crippen molar-refractivity contribution in [1.82, 2.24) is 0 Å². The molecule has 0 heterocycles. The number of unbranched alkanes of at least 4 members (excludes halogenated alkanes) is 4. The topological polar surface area (TPSA) is 162 Å². The molecule has 0 radical (unpaired) electrons. The van der Waals surface area contributed by atoms with E-state index in [2.05, 4.69) is 27.7 Å². The van der Waals surface area contributed by atoms with Crippen LogP contribution in [0.3, 0.4) is 0 Å². The van der Waals surface area contributed by atoms with Gasteiger partial charge >= 0.3 is 12.1 Å². The number of nitrogens with two attached hydrogens (primary N) is 4. The Hall–Kier alpha value is -3.43. The predicted octanol–water partition coefficient (Wildman–Crippen LogP) is 5.81. The number of benzene rings is 2. The average molecular weight is 553 g/mol. The second kappa shape index (κ2) is 16.0. The minimum Gasteiger partial charge on any atom is -0.350 e. The number of carbonyl (C=O) groups is 3. The van der Waals surface area contributed by atoms with Gasteiger partial charge in [-0.1, -0.05) is 53.4 Å². The molecule has 4 amide bonds. The summed E-state index contributed by atoms with van der Waals surface area (Å²) < 4.78 is 0. The lowest BCUT2D eigenvalue weighted by molar-refractivity contribution is 0.103. The molecule has 8 N–H and O–H groups in total. The van der Waals surface area contributed by atoms with Gasteiger partial charge in [-0.15, -0.1) is 0 Å². The number of anilines is 2. The molecular weight excluding hydrogens is 504 g/mol. The number of hydrogen-bond acceptors (Lipinski definition) is 5. The third-order valence-electron chi connectivity index (χ3n) is 7.22. The van der Waals surface area contributed by atoms with Crippen LogP contribution in [0.2, 0.25) is 0 Å². The molecular formula is C31H48N6O3. The van der Waals surface area contributed by atoms with Crippen molar-refractivity contribution in [3.05, 3.63) is 57.6 Å². The first-order valence-corrected chi connectivity index (χ1v) is 14.7. The fourth-order valence-electron chi connectivity index (χ4n) is 5.02. The van der Waals surface area contributed by atoms with Gasteiger partial charge in [-0.25, -0.2) is 31.3 Å². The van der Waals surface area contributed by atoms with Gasteiger partial charge in [0.05, 0.1) is 11.4 Å². The Morgan fingerprint density at radius 2 is 0.800 bits per heavy atom. The number of carbonyl (C=O) groups excluding carboxylic acids is 3. The van der Waals surface area contributed by atoms with Crippen LogP contribution in [0.15, 0.2) is 24.3 Å². The summed E-state index contributed by atoms with van der Waals surface area (Å²) in [4.78, 5) is 38.3. The highest BCUT2D eigenvalue weighted by Crippen LogP contribution is 2.33. The highest BCUT2D eigenvalue weighted by atomic mass is 16.2. The third-order valence-corrected chi connectivity index (χ3v) is 7.22. The number of ketones is 1. The lowest BCUT2D eigenvalue weighted by Crippen LogP contribution is -2.43. The molecule has 0 bridgehead atoms. The summed E-state index contributed by atoms with van der Waals surface area (Å²) in [6, 6.07) is 5.88. The first-order valence-electron chi connectivity index (χ1n) is 14.7. The third kappa shape index (κ3) is 8.29. The molecule has 220 valence electrons. The van der Waals surface area contributed by atoms with Crippen LogP contribution in [0.25, 0.3) is 0 Å². The standard InChI is InChI=1S/C31H48N6O3/c1-5-9-13-21-17-25(18-22(14-10-6-2)27(21)36(34)30(32)39)29(38)26-19-23(15-11-7-3)28(37(35)31(33)40)24(20-26)16-12-8-4/h17-20H,5-16,34-35H2,1-4H3,(H2,32,39)(H2,33,40). The second-order valence-electron chi connectivity index (χ2n) is 10.4. The van der Waals surface area contributed by atoms with Crippen molar-refractivity contribution < 1.29 is 14.4 Å². The van der Waals surface area contributed by atoms with Crippen molar-refractivity contribution in [3.63, 3.8) is 0 Å². The zero-order valence-corrected chi connectivity index (χ0v) is 24.7. The van der Waals surface area contributed by atoms with Gasteiger partial charge in [0, 0.05) is 11.1 Å². The van der Waals surface area contributed by atoms with E-state index in [4.69, 9.17) is 23.2 Å². The van der Waals surface area contributed by atoms with Crippen LogP contribution in [-0.4, -0.2) is 17.8 Å². The Kier molecular flexibility index (Phi) is 13.1. The molecule has 2 rings (SSSR count). The molecule has 0 spiro atoms. The van der Waals surface area contributed by atoms with E-state index in [1.165, 1.54) is 0 Å². The van der Waals surface area contributed by atoms with E-state index >= 15 is 0 Å². The van der Waals surface area contributed by atoms with Gasteiger partial charge in [0.25, 0.3) is 0 Å². The van der Waals surface area contributed by atoms with Crippen molar-refractivity contribution in [3.8, 4) is 0 Å². The fraction of sp³-hybridized carbons (Fsp3) is 0.516. The molecule has 9 nitrogen and oxygen atoms in total. The molecule has 0 saturated heterocycles. The van der Waals surface area contributed by atoms with Gasteiger partial charge in [0.15, 0.2) is 5.78 Å². The van der Waals surface area contributed by atoms with E-state index in [9.17, 15) is 14.4 Å². The van der Waals surface area contributed by atoms with Crippen molar-refractivity contribution in [2.24, 2.45) is 23.2 Å². The van der Waals surface area contributed by atoms with Crippen LogP contribution in [0.4, 0.5) is 21.0 Å². The van der Waals surface area contributed by atoms with E-state index in [0.717, 1.165) is 83.6 Å². The molecule has 0 aliphatic rings. The number of nitrogens with zero attached hydrogens (tertiary/aromatic N) is 2. The van der Waals surface area contributed by atoms with Gasteiger partial charge in [-0.3, -0.25) is 4.79 Å². The summed E-state index contributed by atoms with van der Waals surface area (Å²) in [5, 5.41) is 2.01. The minimum atomic E-state index is -0.743. The second-order valence-corrected chi connectivity index (χ2v) is 10.4. The molecule has 0 fully saturated rings. The normalized spacial score (nSPS) is 10.9. The van der Waals surface area contributed by atoms with E-state index in [1.54, 1.807) is 0 Å². The van der Waals surface area contributed by atoms with E-state index in [-0.39, 0.29) is 5.78 Å².